The number of carbonyl (C=O) groups is 8. The van der Waals surface area contributed by atoms with E-state index < -0.39 is 49.3 Å². The fourth-order valence-electron chi connectivity index (χ4n) is 6.82. The first-order chi connectivity index (χ1) is 31.0. The second kappa shape index (κ2) is 21.2. The van der Waals surface area contributed by atoms with Gasteiger partial charge in [0.2, 0.25) is 26.2 Å². The molecule has 16 heteroatoms. The molecule has 1 aliphatic rings. The van der Waals surface area contributed by atoms with Crippen molar-refractivity contribution < 1.29 is 66.8 Å². The Morgan fingerprint density at radius 2 is 0.828 bits per heavy atom. The summed E-state index contributed by atoms with van der Waals surface area (Å²) < 4.78 is 31.0. The quantitative estimate of drug-likeness (QED) is 0.0225. The summed E-state index contributed by atoms with van der Waals surface area (Å²) in [6, 6.07) is 33.3. The minimum Gasteiger partial charge on any atom is -0.457 e. The summed E-state index contributed by atoms with van der Waals surface area (Å²) >= 11 is 2.11. The molecule has 0 spiro atoms. The third-order valence-electron chi connectivity index (χ3n) is 10.0. The number of hydrogen-bond donors (Lipinski definition) is 0. The molecule has 64 heavy (non-hydrogen) atoms. The average molecular weight is 901 g/mol. The Balaban J connectivity index is 0.888. The Hall–Kier alpha value is -7.30. The lowest BCUT2D eigenvalue weighted by Gasteiger charge is -2.28. The zero-order chi connectivity index (χ0) is 45.0. The van der Waals surface area contributed by atoms with Gasteiger partial charge < -0.3 is 28.4 Å². The van der Waals surface area contributed by atoms with Crippen LogP contribution in [0.3, 0.4) is 0 Å². The van der Waals surface area contributed by atoms with Crippen LogP contribution in [0.2, 0.25) is 0 Å². The first-order valence-electron chi connectivity index (χ1n) is 19.7. The highest BCUT2D eigenvalue weighted by molar-refractivity contribution is 8.14. The lowest BCUT2D eigenvalue weighted by Crippen LogP contribution is -2.30. The summed E-state index contributed by atoms with van der Waals surface area (Å²) in [5.74, 6) is -2.80. The number of benzene rings is 6. The number of thioether (sulfide) groups is 2. The predicted molar refractivity (Wildman–Crippen MR) is 233 cm³/mol. The number of aldehydes is 2. The van der Waals surface area contributed by atoms with E-state index in [0.717, 1.165) is 57.9 Å². The summed E-state index contributed by atoms with van der Waals surface area (Å²) in [5.41, 5.74) is 0.619. The number of carbonyl (C=O) groups excluding carboxylic acids is 8. The van der Waals surface area contributed by atoms with Crippen LogP contribution in [-0.4, -0.2) is 60.3 Å². The summed E-state index contributed by atoms with van der Waals surface area (Å²) in [4.78, 5) is 97.3. The molecule has 7 rings (SSSR count). The maximum absolute atomic E-state index is 13.6. The van der Waals surface area contributed by atoms with E-state index >= 15 is 0 Å². The molecule has 0 amide bonds. The highest BCUT2D eigenvalue weighted by atomic mass is 32.2. The summed E-state index contributed by atoms with van der Waals surface area (Å²) in [6.07, 6.45) is 2.94. The van der Waals surface area contributed by atoms with Crippen molar-refractivity contribution in [1.82, 2.24) is 0 Å². The molecule has 0 radical (unpaired) electrons. The van der Waals surface area contributed by atoms with Crippen molar-refractivity contribution in [2.45, 2.75) is 35.5 Å². The van der Waals surface area contributed by atoms with E-state index in [0.29, 0.717) is 45.3 Å². The van der Waals surface area contributed by atoms with Gasteiger partial charge in [-0.15, -0.1) is 0 Å². The third kappa shape index (κ3) is 11.8. The van der Waals surface area contributed by atoms with Crippen molar-refractivity contribution in [2.24, 2.45) is 11.8 Å². The normalized spacial score (nSPS) is 14.4. The Bertz CT molecular complexity index is 2560. The Morgan fingerprint density at radius 1 is 0.469 bits per heavy atom. The van der Waals surface area contributed by atoms with Gasteiger partial charge in [0.15, 0.2) is 10.2 Å². The van der Waals surface area contributed by atoms with Gasteiger partial charge in [-0.05, 0) is 131 Å². The SMILES string of the molecule is O=CC(=O)OCOc1ccc2cc(C(=O)Oc3ccc(SC(=O)[C@H]4CCCC[C@@H]4C(=O)Sc4ccc(OC(=O)c5ccc6cc(OCOC(=O)C=O)ccc6c5)cc4)cc3)ccc2c1. The van der Waals surface area contributed by atoms with Crippen molar-refractivity contribution in [1.29, 1.82) is 0 Å². The third-order valence-corrected chi connectivity index (χ3v) is 12.0. The highest BCUT2D eigenvalue weighted by Crippen LogP contribution is 2.40. The molecule has 0 N–H and O–H groups in total. The molecule has 324 valence electrons. The van der Waals surface area contributed by atoms with Gasteiger partial charge in [0, 0.05) is 21.6 Å². The molecule has 1 fully saturated rings. The van der Waals surface area contributed by atoms with E-state index in [4.69, 9.17) is 18.9 Å². The van der Waals surface area contributed by atoms with Crippen LogP contribution in [-0.2, 0) is 38.2 Å². The van der Waals surface area contributed by atoms with E-state index in [1.54, 1.807) is 121 Å². The minimum absolute atomic E-state index is 0.0457. The molecule has 6 aromatic rings. The zero-order valence-corrected chi connectivity index (χ0v) is 35.3. The molecule has 0 aromatic heterocycles. The summed E-state index contributed by atoms with van der Waals surface area (Å²) in [7, 11) is 0. The lowest BCUT2D eigenvalue weighted by molar-refractivity contribution is -0.154. The van der Waals surface area contributed by atoms with Gasteiger partial charge in [-0.1, -0.05) is 60.6 Å². The van der Waals surface area contributed by atoms with Crippen LogP contribution >= 0.6 is 23.5 Å². The molecule has 0 aliphatic heterocycles. The van der Waals surface area contributed by atoms with Crippen LogP contribution in [0.25, 0.3) is 21.5 Å². The van der Waals surface area contributed by atoms with E-state index in [1.165, 1.54) is 0 Å². The molecule has 14 nitrogen and oxygen atoms in total. The number of esters is 4. The fraction of sp³-hybridized carbons (Fsp3) is 0.167. The Morgan fingerprint density at radius 3 is 1.22 bits per heavy atom. The average Bonchev–Trinajstić information content (AvgIpc) is 3.32. The standard InChI is InChI=1S/C48H36O14S2/c49-25-43(51)59-27-57-37-11-9-29-21-33(7-5-31(29)23-37)45(53)61-35-13-17-39(18-14-35)63-47(55)41-3-1-2-4-42(41)48(56)64-40-19-15-36(16-20-40)62-46(54)34-8-6-32-24-38(12-10-30(32)22-34)58-28-60-44(52)26-50/h5-26,41-42H,1-4,27-28H2/t41-,42-/m0/s1. The van der Waals surface area contributed by atoms with Crippen LogP contribution in [0.15, 0.2) is 131 Å². The topological polar surface area (TPSA) is 192 Å². The minimum atomic E-state index is -1.04. The smallest absolute Gasteiger partial charge is 0.374 e. The highest BCUT2D eigenvalue weighted by Gasteiger charge is 2.36. The van der Waals surface area contributed by atoms with Gasteiger partial charge in [-0.25, -0.2) is 19.2 Å². The van der Waals surface area contributed by atoms with Gasteiger partial charge in [0.25, 0.3) is 0 Å². The van der Waals surface area contributed by atoms with Crippen molar-refractivity contribution in [3.8, 4) is 23.0 Å². The monoisotopic (exact) mass is 900 g/mol. The van der Waals surface area contributed by atoms with E-state index in [2.05, 4.69) is 9.47 Å². The van der Waals surface area contributed by atoms with Crippen molar-refractivity contribution >= 4 is 91.7 Å². The second-order valence-corrected chi connectivity index (χ2v) is 16.4. The largest absolute Gasteiger partial charge is 0.457 e. The second-order valence-electron chi connectivity index (χ2n) is 14.2. The molecule has 0 bridgehead atoms. The first-order valence-corrected chi connectivity index (χ1v) is 21.3. The lowest BCUT2D eigenvalue weighted by atomic mass is 9.81. The summed E-state index contributed by atoms with van der Waals surface area (Å²) in [5, 5.41) is 2.75. The van der Waals surface area contributed by atoms with Crippen molar-refractivity contribution in [3.63, 3.8) is 0 Å². The maximum atomic E-state index is 13.6. The van der Waals surface area contributed by atoms with E-state index in [9.17, 15) is 38.4 Å². The van der Waals surface area contributed by atoms with Gasteiger partial charge in [-0.3, -0.25) is 19.2 Å². The number of fused-ring (bicyclic) bond motifs is 2. The Kier molecular flexibility index (Phi) is 14.8. The maximum Gasteiger partial charge on any atom is 0.374 e. The molecule has 1 aliphatic carbocycles. The van der Waals surface area contributed by atoms with Gasteiger partial charge >= 0.3 is 23.9 Å². The van der Waals surface area contributed by atoms with Crippen LogP contribution in [0.1, 0.15) is 46.4 Å². The number of ether oxygens (including phenoxy) is 6. The van der Waals surface area contributed by atoms with Gasteiger partial charge in [0.05, 0.1) is 11.1 Å². The molecule has 0 heterocycles. The van der Waals surface area contributed by atoms with Crippen LogP contribution in [0.4, 0.5) is 0 Å². The van der Waals surface area contributed by atoms with Crippen molar-refractivity contribution in [2.75, 3.05) is 13.6 Å². The molecular formula is C48H36O14S2. The van der Waals surface area contributed by atoms with Crippen LogP contribution in [0, 0.1) is 11.8 Å². The van der Waals surface area contributed by atoms with Gasteiger partial charge in [-0.2, -0.15) is 0 Å². The molecule has 1 saturated carbocycles. The molecule has 0 unspecified atom stereocenters. The molecule has 2 atom stereocenters. The summed E-state index contributed by atoms with van der Waals surface area (Å²) in [6.45, 7) is -0.843. The first kappa shape index (κ1) is 44.7. The van der Waals surface area contributed by atoms with Crippen molar-refractivity contribution in [3.05, 3.63) is 132 Å². The van der Waals surface area contributed by atoms with E-state index in [-0.39, 0.29) is 34.3 Å². The Labute approximate surface area is 373 Å². The van der Waals surface area contributed by atoms with Gasteiger partial charge in [0.1, 0.15) is 23.0 Å². The zero-order valence-electron chi connectivity index (χ0n) is 33.6. The van der Waals surface area contributed by atoms with Crippen LogP contribution in [0.5, 0.6) is 23.0 Å². The molecular weight excluding hydrogens is 865 g/mol. The number of hydrogen-bond acceptors (Lipinski definition) is 16. The number of rotatable bonds is 16. The fourth-order valence-corrected chi connectivity index (χ4v) is 8.70. The van der Waals surface area contributed by atoms with Crippen LogP contribution < -0.4 is 18.9 Å². The molecule has 6 aromatic carbocycles. The van der Waals surface area contributed by atoms with E-state index in [1.807, 2.05) is 0 Å². The molecule has 0 saturated heterocycles. The predicted octanol–water partition coefficient (Wildman–Crippen LogP) is 8.33.